The molecule has 1 aromatic carbocycles. The fraction of sp³-hybridized carbons (Fsp3) is 0.250. The van der Waals surface area contributed by atoms with Crippen molar-refractivity contribution in [2.45, 2.75) is 13.0 Å². The molecule has 4 nitrogen and oxygen atoms in total. The summed E-state index contributed by atoms with van der Waals surface area (Å²) in [5, 5.41) is 8.47. The van der Waals surface area contributed by atoms with Crippen molar-refractivity contribution in [1.29, 1.82) is 0 Å². The highest BCUT2D eigenvalue weighted by Crippen LogP contribution is 2.33. The summed E-state index contributed by atoms with van der Waals surface area (Å²) in [5.41, 5.74) is 2.06. The van der Waals surface area contributed by atoms with Crippen LogP contribution in [0.2, 0.25) is 0 Å². The van der Waals surface area contributed by atoms with Gasteiger partial charge in [0.1, 0.15) is 16.9 Å². The number of nitrogens with one attached hydrogen (secondary N) is 1. The number of nitrogens with zero attached hydrogens (tertiary/aromatic N) is 2. The molecule has 0 aliphatic carbocycles. The van der Waals surface area contributed by atoms with Crippen molar-refractivity contribution in [2.75, 3.05) is 13.1 Å². The van der Waals surface area contributed by atoms with Crippen LogP contribution in [0.1, 0.15) is 5.69 Å². The van der Waals surface area contributed by atoms with Gasteiger partial charge in [0.05, 0.1) is 5.69 Å². The fourth-order valence-electron chi connectivity index (χ4n) is 2.45. The number of hydrogen-bond acceptors (Lipinski definition) is 5. The van der Waals surface area contributed by atoms with E-state index in [2.05, 4.69) is 33.5 Å². The van der Waals surface area contributed by atoms with Crippen molar-refractivity contribution in [3.05, 3.63) is 41.7 Å². The Labute approximate surface area is 126 Å². The third-order valence-electron chi connectivity index (χ3n) is 3.73. The first-order chi connectivity index (χ1) is 10.3. The van der Waals surface area contributed by atoms with E-state index in [1.165, 1.54) is 0 Å². The topological polar surface area (TPSA) is 47.0 Å². The van der Waals surface area contributed by atoms with Gasteiger partial charge in [-0.2, -0.15) is 0 Å². The molecule has 1 aliphatic heterocycles. The normalized spacial score (nSPS) is 15.1. The Bertz CT molecular complexity index is 782. The number of hydrogen-bond donors (Lipinski definition) is 1. The zero-order valence-electron chi connectivity index (χ0n) is 11.7. The van der Waals surface area contributed by atoms with Crippen LogP contribution in [0.15, 0.2) is 36.0 Å². The van der Waals surface area contributed by atoms with Crippen molar-refractivity contribution in [2.24, 2.45) is 0 Å². The highest BCUT2D eigenvalue weighted by atomic mass is 32.1. The van der Waals surface area contributed by atoms with Gasteiger partial charge in [-0.1, -0.05) is 12.1 Å². The molecule has 0 saturated carbocycles. The first kappa shape index (κ1) is 12.7. The summed E-state index contributed by atoms with van der Waals surface area (Å²) >= 11 is 1.65. The van der Waals surface area contributed by atoms with E-state index in [-0.39, 0.29) is 6.10 Å². The van der Waals surface area contributed by atoms with Gasteiger partial charge in [0.15, 0.2) is 0 Å². The maximum Gasteiger partial charge on any atom is 0.148 e. The minimum absolute atomic E-state index is 0.250. The Morgan fingerprint density at radius 1 is 1.29 bits per heavy atom. The van der Waals surface area contributed by atoms with E-state index in [4.69, 9.17) is 4.74 Å². The maximum atomic E-state index is 6.12. The molecule has 0 amide bonds. The molecule has 106 valence electrons. The zero-order chi connectivity index (χ0) is 14.2. The molecule has 4 rings (SSSR count). The number of benzene rings is 1. The van der Waals surface area contributed by atoms with Crippen LogP contribution in [0.5, 0.6) is 5.75 Å². The summed E-state index contributed by atoms with van der Waals surface area (Å²) in [4.78, 5) is 8.84. The molecule has 1 N–H and O–H groups in total. The van der Waals surface area contributed by atoms with Crippen LogP contribution < -0.4 is 10.1 Å². The van der Waals surface area contributed by atoms with E-state index < -0.39 is 0 Å². The van der Waals surface area contributed by atoms with E-state index >= 15 is 0 Å². The van der Waals surface area contributed by atoms with Crippen LogP contribution in [-0.2, 0) is 0 Å². The van der Waals surface area contributed by atoms with E-state index in [1.807, 2.05) is 24.7 Å². The molecular formula is C16H15N3OS. The molecule has 2 aromatic heterocycles. The van der Waals surface area contributed by atoms with Crippen LogP contribution in [0.25, 0.3) is 21.3 Å². The highest BCUT2D eigenvalue weighted by Gasteiger charge is 2.21. The summed E-state index contributed by atoms with van der Waals surface area (Å²) in [6.45, 7) is 3.81. The Balaban J connectivity index is 1.85. The predicted molar refractivity (Wildman–Crippen MR) is 84.9 cm³/mol. The molecule has 0 unspecified atom stereocenters. The lowest BCUT2D eigenvalue weighted by Crippen LogP contribution is -2.50. The largest absolute Gasteiger partial charge is 0.485 e. The summed E-state index contributed by atoms with van der Waals surface area (Å²) in [5.74, 6) is 0.900. The van der Waals surface area contributed by atoms with Gasteiger partial charge < -0.3 is 10.1 Å². The van der Waals surface area contributed by atoms with E-state index in [0.29, 0.717) is 0 Å². The molecule has 3 heterocycles. The highest BCUT2D eigenvalue weighted by molar-refractivity contribution is 7.13. The van der Waals surface area contributed by atoms with E-state index in [0.717, 1.165) is 45.9 Å². The Morgan fingerprint density at radius 2 is 2.19 bits per heavy atom. The standard InChI is InChI=1S/C16H15N3OS/c1-10-15(20-13-8-17-9-13)14-6-11(16-18-4-5-21-16)2-3-12(14)7-19-10/h2-7,13,17H,8-9H2,1H3. The summed E-state index contributed by atoms with van der Waals surface area (Å²) in [6, 6.07) is 6.33. The third-order valence-corrected chi connectivity index (χ3v) is 4.55. The van der Waals surface area contributed by atoms with Gasteiger partial charge in [-0.05, 0) is 13.0 Å². The Morgan fingerprint density at radius 3 is 2.90 bits per heavy atom. The molecule has 21 heavy (non-hydrogen) atoms. The third kappa shape index (κ3) is 2.28. The van der Waals surface area contributed by atoms with Crippen LogP contribution >= 0.6 is 11.3 Å². The van der Waals surface area contributed by atoms with Crippen molar-refractivity contribution in [1.82, 2.24) is 15.3 Å². The monoisotopic (exact) mass is 297 g/mol. The molecule has 0 spiro atoms. The summed E-state index contributed by atoms with van der Waals surface area (Å²) in [6.07, 6.45) is 3.99. The lowest BCUT2D eigenvalue weighted by Gasteiger charge is -2.28. The average Bonchev–Trinajstić information content (AvgIpc) is 2.98. The summed E-state index contributed by atoms with van der Waals surface area (Å²) in [7, 11) is 0. The van der Waals surface area contributed by atoms with Crippen molar-refractivity contribution in [3.8, 4) is 16.3 Å². The quantitative estimate of drug-likeness (QED) is 0.807. The first-order valence-electron chi connectivity index (χ1n) is 6.98. The second-order valence-electron chi connectivity index (χ2n) is 5.21. The number of aryl methyl sites for hydroxylation is 1. The van der Waals surface area contributed by atoms with Gasteiger partial charge >= 0.3 is 0 Å². The van der Waals surface area contributed by atoms with Crippen LogP contribution in [0, 0.1) is 6.92 Å². The number of aromatic nitrogens is 2. The molecule has 1 aliphatic rings. The maximum absolute atomic E-state index is 6.12. The second kappa shape index (κ2) is 5.09. The van der Waals surface area contributed by atoms with Gasteiger partial charge in [-0.15, -0.1) is 11.3 Å². The summed E-state index contributed by atoms with van der Waals surface area (Å²) < 4.78 is 6.12. The fourth-order valence-corrected chi connectivity index (χ4v) is 3.08. The molecular weight excluding hydrogens is 282 g/mol. The molecule has 1 fully saturated rings. The number of fused-ring (bicyclic) bond motifs is 1. The smallest absolute Gasteiger partial charge is 0.148 e. The number of thiazole rings is 1. The zero-order valence-corrected chi connectivity index (χ0v) is 12.5. The SMILES string of the molecule is Cc1ncc2ccc(-c3nccs3)cc2c1OC1CNC1. The molecule has 0 radical (unpaired) electrons. The molecule has 0 bridgehead atoms. The lowest BCUT2D eigenvalue weighted by molar-refractivity contribution is 0.143. The van der Waals surface area contributed by atoms with Gasteiger partial charge in [0, 0.05) is 47.2 Å². The van der Waals surface area contributed by atoms with Crippen LogP contribution in [0.3, 0.4) is 0 Å². The minimum atomic E-state index is 0.250. The van der Waals surface area contributed by atoms with Gasteiger partial charge in [0.2, 0.25) is 0 Å². The van der Waals surface area contributed by atoms with Gasteiger partial charge in [0.25, 0.3) is 0 Å². The molecule has 1 saturated heterocycles. The molecule has 3 aromatic rings. The van der Waals surface area contributed by atoms with Crippen molar-refractivity contribution < 1.29 is 4.74 Å². The number of rotatable bonds is 3. The molecule has 5 heteroatoms. The minimum Gasteiger partial charge on any atom is -0.485 e. The lowest BCUT2D eigenvalue weighted by atomic mass is 10.1. The predicted octanol–water partition coefficient (Wildman–Crippen LogP) is 3.02. The molecule has 0 atom stereocenters. The van der Waals surface area contributed by atoms with Gasteiger partial charge in [-0.3, -0.25) is 4.98 Å². The van der Waals surface area contributed by atoms with Crippen molar-refractivity contribution >= 4 is 22.1 Å². The van der Waals surface area contributed by atoms with Crippen LogP contribution in [-0.4, -0.2) is 29.2 Å². The first-order valence-corrected chi connectivity index (χ1v) is 7.86. The van der Waals surface area contributed by atoms with E-state index in [9.17, 15) is 0 Å². The Hall–Kier alpha value is -1.98. The Kier molecular flexibility index (Phi) is 3.09. The van der Waals surface area contributed by atoms with Crippen molar-refractivity contribution in [3.63, 3.8) is 0 Å². The van der Waals surface area contributed by atoms with E-state index in [1.54, 1.807) is 11.3 Å². The van der Waals surface area contributed by atoms with Crippen LogP contribution in [0.4, 0.5) is 0 Å². The second-order valence-corrected chi connectivity index (χ2v) is 6.10. The average molecular weight is 297 g/mol. The number of pyridine rings is 1. The van der Waals surface area contributed by atoms with Gasteiger partial charge in [-0.25, -0.2) is 4.98 Å². The number of ether oxygens (including phenoxy) is 1.